The van der Waals surface area contributed by atoms with Crippen LogP contribution in [0, 0.1) is 6.92 Å². The molecule has 0 heterocycles. The standard InChI is InChI=1S/C42H44N4/c1-31(14-12-28-44)13-6-9-19-40(45)37-25-21-32(2)36(30-37)24-22-33(3)38-26-23-34(15-5-4-10-27-43)29-42(38)46-41-20-11-17-35-16-7-8-18-39(35)41/h4-12,14,16-30,46H,3,13,15,43-45H2,1-2H3/b5-4-,9-6-,24-22-,27-10-,28-12-,31-14+,40-19-. The Morgan fingerprint density at radius 2 is 1.61 bits per heavy atom. The van der Waals surface area contributed by atoms with Gasteiger partial charge < -0.3 is 22.5 Å². The molecule has 0 aromatic heterocycles. The quantitative estimate of drug-likeness (QED) is 0.114. The molecule has 4 aromatic rings. The van der Waals surface area contributed by atoms with Crippen LogP contribution in [-0.2, 0) is 6.42 Å². The van der Waals surface area contributed by atoms with Crippen molar-refractivity contribution >= 4 is 39.5 Å². The summed E-state index contributed by atoms with van der Waals surface area (Å²) in [4.78, 5) is 0. The van der Waals surface area contributed by atoms with Gasteiger partial charge in [-0.2, -0.15) is 0 Å². The van der Waals surface area contributed by atoms with Gasteiger partial charge in [-0.05, 0) is 109 Å². The second-order valence-corrected chi connectivity index (χ2v) is 11.1. The fourth-order valence-corrected chi connectivity index (χ4v) is 5.02. The zero-order valence-electron chi connectivity index (χ0n) is 26.8. The fourth-order valence-electron chi connectivity index (χ4n) is 5.02. The van der Waals surface area contributed by atoms with Crippen LogP contribution < -0.4 is 22.5 Å². The van der Waals surface area contributed by atoms with Crippen molar-refractivity contribution in [2.24, 2.45) is 17.2 Å². The maximum Gasteiger partial charge on any atom is 0.0466 e. The normalized spacial score (nSPS) is 12.9. The number of nitrogens with one attached hydrogen (secondary N) is 1. The molecule has 4 rings (SSSR count). The molecule has 0 aliphatic rings. The Kier molecular flexibility index (Phi) is 12.2. The Labute approximate surface area is 274 Å². The first-order valence-electron chi connectivity index (χ1n) is 15.5. The fraction of sp³-hybridized carbons (Fsp3) is 0.0952. The molecule has 0 aliphatic carbocycles. The summed E-state index contributed by atoms with van der Waals surface area (Å²) in [6.07, 6.45) is 24.6. The third kappa shape index (κ3) is 9.38. The highest BCUT2D eigenvalue weighted by Crippen LogP contribution is 2.32. The molecule has 0 saturated heterocycles. The summed E-state index contributed by atoms with van der Waals surface area (Å²) in [6, 6.07) is 27.5. The van der Waals surface area contributed by atoms with Crippen molar-refractivity contribution in [3.63, 3.8) is 0 Å². The smallest absolute Gasteiger partial charge is 0.0466 e. The van der Waals surface area contributed by atoms with Crippen molar-refractivity contribution in [3.8, 4) is 0 Å². The average Bonchev–Trinajstić information content (AvgIpc) is 3.07. The van der Waals surface area contributed by atoms with E-state index in [1.165, 1.54) is 34.3 Å². The number of nitrogens with two attached hydrogens (primary N) is 3. The van der Waals surface area contributed by atoms with Gasteiger partial charge in [0.15, 0.2) is 0 Å². The van der Waals surface area contributed by atoms with Crippen LogP contribution in [0.3, 0.4) is 0 Å². The van der Waals surface area contributed by atoms with Crippen LogP contribution in [0.25, 0.3) is 28.1 Å². The number of aryl methyl sites for hydroxylation is 1. The highest BCUT2D eigenvalue weighted by Gasteiger charge is 2.09. The first-order chi connectivity index (χ1) is 22.4. The summed E-state index contributed by atoms with van der Waals surface area (Å²) < 4.78 is 0. The first-order valence-corrected chi connectivity index (χ1v) is 15.5. The van der Waals surface area contributed by atoms with Crippen LogP contribution in [0.1, 0.15) is 41.2 Å². The summed E-state index contributed by atoms with van der Waals surface area (Å²) in [5, 5.41) is 6.07. The lowest BCUT2D eigenvalue weighted by molar-refractivity contribution is 1.21. The first kappa shape index (κ1) is 33.2. The molecule has 0 fully saturated rings. The van der Waals surface area contributed by atoms with Crippen molar-refractivity contribution in [1.82, 2.24) is 0 Å². The molecule has 0 amide bonds. The largest absolute Gasteiger partial charge is 0.405 e. The van der Waals surface area contributed by atoms with Gasteiger partial charge in [0.2, 0.25) is 0 Å². The summed E-state index contributed by atoms with van der Waals surface area (Å²) in [5.74, 6) is 0. The SMILES string of the molecule is C=C(/C=C\c1cc(/C(N)=C/C=C\C/C(C)=C/C=C\N)ccc1C)c1ccc(C/C=C\C=C/N)cc1Nc1cccc2ccccc12. The van der Waals surface area contributed by atoms with E-state index in [-0.39, 0.29) is 0 Å². The topological polar surface area (TPSA) is 90.1 Å². The Bertz CT molecular complexity index is 1870. The van der Waals surface area contributed by atoms with Gasteiger partial charge in [0.1, 0.15) is 0 Å². The minimum atomic E-state index is 0.710. The van der Waals surface area contributed by atoms with E-state index in [0.29, 0.717) is 5.70 Å². The monoisotopic (exact) mass is 604 g/mol. The highest BCUT2D eigenvalue weighted by molar-refractivity contribution is 5.97. The van der Waals surface area contributed by atoms with E-state index >= 15 is 0 Å². The van der Waals surface area contributed by atoms with Crippen LogP contribution in [0.2, 0.25) is 0 Å². The van der Waals surface area contributed by atoms with Gasteiger partial charge in [-0.15, -0.1) is 0 Å². The van der Waals surface area contributed by atoms with Crippen LogP contribution >= 0.6 is 0 Å². The van der Waals surface area contributed by atoms with Crippen molar-refractivity contribution in [3.05, 3.63) is 186 Å². The molecule has 7 N–H and O–H groups in total. The molecule has 0 spiro atoms. The highest BCUT2D eigenvalue weighted by atomic mass is 14.9. The molecular weight excluding hydrogens is 560 g/mol. The van der Waals surface area contributed by atoms with Gasteiger partial charge >= 0.3 is 0 Å². The molecule has 0 atom stereocenters. The Morgan fingerprint density at radius 3 is 2.43 bits per heavy atom. The van der Waals surface area contributed by atoms with E-state index in [1.807, 2.05) is 36.5 Å². The Balaban J connectivity index is 1.60. The molecule has 46 heavy (non-hydrogen) atoms. The third-order valence-corrected chi connectivity index (χ3v) is 7.62. The van der Waals surface area contributed by atoms with Gasteiger partial charge in [-0.3, -0.25) is 0 Å². The average molecular weight is 605 g/mol. The van der Waals surface area contributed by atoms with Crippen LogP contribution in [0.15, 0.2) is 158 Å². The number of hydrogen-bond acceptors (Lipinski definition) is 4. The number of allylic oxidation sites excluding steroid dienone is 11. The van der Waals surface area contributed by atoms with E-state index in [1.54, 1.807) is 0 Å². The van der Waals surface area contributed by atoms with E-state index in [0.717, 1.165) is 52.0 Å². The molecular formula is C42H44N4. The number of rotatable bonds is 13. The van der Waals surface area contributed by atoms with Gasteiger partial charge in [-0.1, -0.05) is 115 Å². The van der Waals surface area contributed by atoms with Crippen LogP contribution in [-0.4, -0.2) is 0 Å². The molecule has 0 unspecified atom stereocenters. The van der Waals surface area contributed by atoms with Gasteiger partial charge in [0.05, 0.1) is 0 Å². The van der Waals surface area contributed by atoms with Crippen LogP contribution in [0.4, 0.5) is 11.4 Å². The Morgan fingerprint density at radius 1 is 0.804 bits per heavy atom. The Hall–Kier alpha value is -5.74. The minimum absolute atomic E-state index is 0.710. The minimum Gasteiger partial charge on any atom is -0.405 e. The molecule has 0 radical (unpaired) electrons. The number of hydrogen-bond donors (Lipinski definition) is 4. The van der Waals surface area contributed by atoms with Crippen molar-refractivity contribution in [2.75, 3.05) is 5.32 Å². The van der Waals surface area contributed by atoms with Crippen molar-refractivity contribution < 1.29 is 0 Å². The van der Waals surface area contributed by atoms with Crippen molar-refractivity contribution in [1.29, 1.82) is 0 Å². The lowest BCUT2D eigenvalue weighted by atomic mass is 9.98. The van der Waals surface area contributed by atoms with E-state index in [2.05, 4.69) is 129 Å². The molecule has 0 bridgehead atoms. The maximum atomic E-state index is 6.46. The zero-order chi connectivity index (χ0) is 32.7. The second kappa shape index (κ2) is 16.9. The number of benzene rings is 4. The number of fused-ring (bicyclic) bond motifs is 1. The third-order valence-electron chi connectivity index (χ3n) is 7.62. The lowest BCUT2D eigenvalue weighted by Gasteiger charge is -2.16. The molecule has 4 aromatic carbocycles. The maximum absolute atomic E-state index is 6.46. The van der Waals surface area contributed by atoms with Gasteiger partial charge in [-0.25, -0.2) is 0 Å². The summed E-state index contributed by atoms with van der Waals surface area (Å²) in [5.41, 5.74) is 27.7. The van der Waals surface area contributed by atoms with Gasteiger partial charge in [0.25, 0.3) is 0 Å². The van der Waals surface area contributed by atoms with E-state index in [9.17, 15) is 0 Å². The van der Waals surface area contributed by atoms with E-state index in [4.69, 9.17) is 17.2 Å². The predicted molar refractivity (Wildman–Crippen MR) is 202 cm³/mol. The second-order valence-electron chi connectivity index (χ2n) is 11.1. The zero-order valence-corrected chi connectivity index (χ0v) is 26.8. The molecule has 4 nitrogen and oxygen atoms in total. The van der Waals surface area contributed by atoms with E-state index < -0.39 is 0 Å². The van der Waals surface area contributed by atoms with Crippen molar-refractivity contribution in [2.45, 2.75) is 26.7 Å². The lowest BCUT2D eigenvalue weighted by Crippen LogP contribution is -1.98. The molecule has 0 aliphatic heterocycles. The molecule has 4 heteroatoms. The summed E-state index contributed by atoms with van der Waals surface area (Å²) in [7, 11) is 0. The summed E-state index contributed by atoms with van der Waals surface area (Å²) in [6.45, 7) is 8.64. The predicted octanol–water partition coefficient (Wildman–Crippen LogP) is 9.85. The summed E-state index contributed by atoms with van der Waals surface area (Å²) >= 11 is 0. The number of anilines is 2. The van der Waals surface area contributed by atoms with Gasteiger partial charge in [0, 0.05) is 28.0 Å². The van der Waals surface area contributed by atoms with Crippen LogP contribution in [0.5, 0.6) is 0 Å². The molecule has 0 saturated carbocycles. The molecule has 232 valence electrons.